The molecule has 0 saturated heterocycles. The minimum atomic E-state index is -0.715. The highest BCUT2D eigenvalue weighted by molar-refractivity contribution is 6.48. The second kappa shape index (κ2) is 6.37. The van der Waals surface area contributed by atoms with Gasteiger partial charge in [0.15, 0.2) is 0 Å². The summed E-state index contributed by atoms with van der Waals surface area (Å²) in [4.78, 5) is 24.8. The molecule has 0 aliphatic rings. The first-order chi connectivity index (χ1) is 11.5. The van der Waals surface area contributed by atoms with Crippen molar-refractivity contribution in [1.29, 1.82) is 0 Å². The molecule has 0 atom stereocenters. The smallest absolute Gasteiger partial charge is 0.296 e. The molecule has 6 heteroatoms. The van der Waals surface area contributed by atoms with E-state index in [4.69, 9.17) is 16.3 Å². The maximum atomic E-state index is 12.5. The fraction of sp³-hybridized carbons (Fsp3) is 0.111. The Morgan fingerprint density at radius 2 is 1.92 bits per heavy atom. The van der Waals surface area contributed by atoms with Gasteiger partial charge < -0.3 is 14.6 Å². The summed E-state index contributed by atoms with van der Waals surface area (Å²) >= 11 is 6.03. The highest BCUT2D eigenvalue weighted by Gasteiger charge is 2.21. The second-order valence-corrected chi connectivity index (χ2v) is 5.71. The summed E-state index contributed by atoms with van der Waals surface area (Å²) in [5.74, 6) is -0.818. The number of para-hydroxylation sites is 1. The molecule has 0 radical (unpaired) electrons. The molecule has 1 N–H and O–H groups in total. The lowest BCUT2D eigenvalue weighted by molar-refractivity contribution is -0.112. The molecular weight excluding hydrogens is 328 g/mol. The number of carbonyl (C=O) groups is 2. The molecule has 2 aromatic carbocycles. The molecule has 0 aliphatic carbocycles. The van der Waals surface area contributed by atoms with Crippen molar-refractivity contribution in [1.82, 2.24) is 4.57 Å². The van der Waals surface area contributed by atoms with E-state index in [-0.39, 0.29) is 0 Å². The molecule has 1 aromatic heterocycles. The van der Waals surface area contributed by atoms with Crippen molar-refractivity contribution >= 4 is 39.9 Å². The van der Waals surface area contributed by atoms with Crippen LogP contribution in [-0.4, -0.2) is 23.4 Å². The molecule has 0 fully saturated rings. The lowest BCUT2D eigenvalue weighted by atomic mass is 10.1. The Balaban J connectivity index is 1.87. The van der Waals surface area contributed by atoms with E-state index in [9.17, 15) is 9.59 Å². The maximum absolute atomic E-state index is 12.5. The van der Waals surface area contributed by atoms with Crippen LogP contribution < -0.4 is 10.1 Å². The second-order valence-electron chi connectivity index (χ2n) is 5.30. The highest BCUT2D eigenvalue weighted by atomic mass is 35.5. The number of carbonyl (C=O) groups excluding carboxylic acids is 2. The van der Waals surface area contributed by atoms with E-state index < -0.39 is 11.7 Å². The van der Waals surface area contributed by atoms with Crippen LogP contribution in [0.15, 0.2) is 48.7 Å². The van der Waals surface area contributed by atoms with Crippen molar-refractivity contribution in [2.45, 2.75) is 0 Å². The number of aromatic nitrogens is 1. The lowest BCUT2D eigenvalue weighted by Gasteiger charge is -2.07. The molecule has 0 spiro atoms. The predicted octanol–water partition coefficient (Wildman–Crippen LogP) is 3.66. The zero-order chi connectivity index (χ0) is 17.3. The van der Waals surface area contributed by atoms with Crippen LogP contribution in [0.5, 0.6) is 5.75 Å². The van der Waals surface area contributed by atoms with Gasteiger partial charge in [-0.1, -0.05) is 29.8 Å². The molecule has 0 saturated carbocycles. The average Bonchev–Trinajstić information content (AvgIpc) is 2.92. The fourth-order valence-corrected chi connectivity index (χ4v) is 2.83. The summed E-state index contributed by atoms with van der Waals surface area (Å²) in [6.45, 7) is 0. The number of ether oxygens (including phenoxy) is 1. The number of nitrogens with zero attached hydrogens (tertiary/aromatic N) is 1. The maximum Gasteiger partial charge on any atom is 0.296 e. The van der Waals surface area contributed by atoms with Crippen LogP contribution in [-0.2, 0) is 11.8 Å². The number of Topliss-reactive ketones (excluding diaryl/α,β-unsaturated/α-hetero) is 1. The Morgan fingerprint density at radius 1 is 1.17 bits per heavy atom. The Kier molecular flexibility index (Phi) is 4.27. The van der Waals surface area contributed by atoms with Gasteiger partial charge in [0.25, 0.3) is 11.7 Å². The van der Waals surface area contributed by atoms with Gasteiger partial charge in [-0.25, -0.2) is 0 Å². The number of benzene rings is 2. The van der Waals surface area contributed by atoms with Crippen molar-refractivity contribution in [3.05, 3.63) is 59.2 Å². The summed E-state index contributed by atoms with van der Waals surface area (Å²) in [7, 11) is 3.34. The fourth-order valence-electron chi connectivity index (χ4n) is 2.58. The van der Waals surface area contributed by atoms with E-state index >= 15 is 0 Å². The molecule has 0 unspecified atom stereocenters. The molecular formula is C18H15ClN2O3. The van der Waals surface area contributed by atoms with E-state index in [0.29, 0.717) is 22.0 Å². The SMILES string of the molecule is COc1ccc(NC(=O)C(=O)c2cn(C)c3ccccc23)cc1Cl. The topological polar surface area (TPSA) is 60.3 Å². The monoisotopic (exact) mass is 342 g/mol. The molecule has 3 rings (SSSR count). The first-order valence-electron chi connectivity index (χ1n) is 7.24. The van der Waals surface area contributed by atoms with Gasteiger partial charge in [-0.15, -0.1) is 0 Å². The standard InChI is InChI=1S/C18H15ClN2O3/c1-21-10-13(12-5-3-4-6-15(12)21)17(22)18(23)20-11-7-8-16(24-2)14(19)9-11/h3-10H,1-2H3,(H,20,23). The first-order valence-corrected chi connectivity index (χ1v) is 7.62. The van der Waals surface area contributed by atoms with E-state index in [1.807, 2.05) is 35.9 Å². The number of methoxy groups -OCH3 is 1. The Labute approximate surface area is 143 Å². The molecule has 122 valence electrons. The van der Waals surface area contributed by atoms with E-state index in [0.717, 1.165) is 10.9 Å². The molecule has 0 bridgehead atoms. The number of amides is 1. The van der Waals surface area contributed by atoms with E-state index in [2.05, 4.69) is 5.32 Å². The molecule has 5 nitrogen and oxygen atoms in total. The number of ketones is 1. The minimum Gasteiger partial charge on any atom is -0.495 e. The van der Waals surface area contributed by atoms with Crippen molar-refractivity contribution in [2.75, 3.05) is 12.4 Å². The summed E-state index contributed by atoms with van der Waals surface area (Å²) in [6, 6.07) is 12.2. The van der Waals surface area contributed by atoms with Gasteiger partial charge in [0.1, 0.15) is 5.75 Å². The molecule has 1 heterocycles. The van der Waals surface area contributed by atoms with E-state index in [1.54, 1.807) is 18.3 Å². The zero-order valence-electron chi connectivity index (χ0n) is 13.2. The summed E-state index contributed by atoms with van der Waals surface area (Å²) in [5.41, 5.74) is 1.69. The third-order valence-corrected chi connectivity index (χ3v) is 4.05. The number of fused-ring (bicyclic) bond motifs is 1. The number of aryl methyl sites for hydroxylation is 1. The van der Waals surface area contributed by atoms with Crippen LogP contribution >= 0.6 is 11.6 Å². The molecule has 1 amide bonds. The van der Waals surface area contributed by atoms with Crippen LogP contribution in [0, 0.1) is 0 Å². The average molecular weight is 343 g/mol. The number of anilines is 1. The van der Waals surface area contributed by atoms with Crippen LogP contribution in [0.2, 0.25) is 5.02 Å². The Morgan fingerprint density at radius 3 is 2.62 bits per heavy atom. The van der Waals surface area contributed by atoms with Gasteiger partial charge in [-0.05, 0) is 24.3 Å². The molecule has 3 aromatic rings. The number of hydrogen-bond acceptors (Lipinski definition) is 3. The van der Waals surface area contributed by atoms with Gasteiger partial charge in [-0.2, -0.15) is 0 Å². The number of halogens is 1. The zero-order valence-corrected chi connectivity index (χ0v) is 13.9. The predicted molar refractivity (Wildman–Crippen MR) is 93.9 cm³/mol. The number of nitrogens with one attached hydrogen (secondary N) is 1. The van der Waals surface area contributed by atoms with Crippen LogP contribution in [0.4, 0.5) is 5.69 Å². The normalized spacial score (nSPS) is 10.6. The number of hydrogen-bond donors (Lipinski definition) is 1. The molecule has 0 aliphatic heterocycles. The Bertz CT molecular complexity index is 947. The van der Waals surface area contributed by atoms with Crippen molar-refractivity contribution in [3.8, 4) is 5.75 Å². The summed E-state index contributed by atoms with van der Waals surface area (Å²) < 4.78 is 6.88. The quantitative estimate of drug-likeness (QED) is 0.581. The Hall–Kier alpha value is -2.79. The van der Waals surface area contributed by atoms with Crippen LogP contribution in [0.25, 0.3) is 10.9 Å². The van der Waals surface area contributed by atoms with Crippen molar-refractivity contribution in [2.24, 2.45) is 7.05 Å². The van der Waals surface area contributed by atoms with Gasteiger partial charge in [-0.3, -0.25) is 9.59 Å². The summed E-state index contributed by atoms with van der Waals surface area (Å²) in [6.07, 6.45) is 1.66. The largest absolute Gasteiger partial charge is 0.495 e. The van der Waals surface area contributed by atoms with Gasteiger partial charge in [0, 0.05) is 29.8 Å². The third-order valence-electron chi connectivity index (χ3n) is 3.76. The van der Waals surface area contributed by atoms with Gasteiger partial charge in [0.05, 0.1) is 17.7 Å². The van der Waals surface area contributed by atoms with Crippen molar-refractivity contribution in [3.63, 3.8) is 0 Å². The minimum absolute atomic E-state index is 0.355. The highest BCUT2D eigenvalue weighted by Crippen LogP contribution is 2.27. The summed E-state index contributed by atoms with van der Waals surface area (Å²) in [5, 5.41) is 3.67. The number of rotatable bonds is 4. The van der Waals surface area contributed by atoms with Crippen LogP contribution in [0.3, 0.4) is 0 Å². The third kappa shape index (κ3) is 2.86. The van der Waals surface area contributed by atoms with Crippen LogP contribution in [0.1, 0.15) is 10.4 Å². The van der Waals surface area contributed by atoms with E-state index in [1.165, 1.54) is 13.2 Å². The van der Waals surface area contributed by atoms with Gasteiger partial charge >= 0.3 is 0 Å². The lowest BCUT2D eigenvalue weighted by Crippen LogP contribution is -2.22. The first kappa shape index (κ1) is 16.1. The van der Waals surface area contributed by atoms with Crippen molar-refractivity contribution < 1.29 is 14.3 Å². The van der Waals surface area contributed by atoms with Gasteiger partial charge in [0.2, 0.25) is 0 Å². The molecule has 24 heavy (non-hydrogen) atoms.